The Hall–Kier alpha value is -1.18. The molecule has 1 aliphatic carbocycles. The molecule has 0 aromatic rings. The monoisotopic (exact) mass is 135 g/mol. The lowest BCUT2D eigenvalue weighted by atomic mass is 10.2. The van der Waals surface area contributed by atoms with Gasteiger partial charge in [0.1, 0.15) is 0 Å². The third-order valence-electron chi connectivity index (χ3n) is 1.18. The van der Waals surface area contributed by atoms with E-state index in [2.05, 4.69) is 4.99 Å². The molecule has 0 atom stereocenters. The molecule has 0 saturated carbocycles. The van der Waals surface area contributed by atoms with Crippen molar-refractivity contribution >= 4 is 11.5 Å². The highest BCUT2D eigenvalue weighted by atomic mass is 16.1. The molecule has 2 heteroatoms. The van der Waals surface area contributed by atoms with E-state index in [4.69, 9.17) is 0 Å². The summed E-state index contributed by atoms with van der Waals surface area (Å²) >= 11 is 0. The van der Waals surface area contributed by atoms with Crippen molar-refractivity contribution in [1.29, 1.82) is 0 Å². The van der Waals surface area contributed by atoms with E-state index in [0.717, 1.165) is 12.3 Å². The van der Waals surface area contributed by atoms with Crippen LogP contribution in [0.15, 0.2) is 29.3 Å². The van der Waals surface area contributed by atoms with Gasteiger partial charge in [0, 0.05) is 6.54 Å². The lowest BCUT2D eigenvalue weighted by Gasteiger charge is -1.95. The van der Waals surface area contributed by atoms with E-state index in [0.29, 0.717) is 0 Å². The van der Waals surface area contributed by atoms with E-state index in [9.17, 15) is 4.79 Å². The van der Waals surface area contributed by atoms with Crippen LogP contribution in [-0.4, -0.2) is 18.0 Å². The lowest BCUT2D eigenvalue weighted by molar-refractivity contribution is -0.110. The van der Waals surface area contributed by atoms with Crippen molar-refractivity contribution in [2.45, 2.75) is 6.92 Å². The fourth-order valence-corrected chi connectivity index (χ4v) is 0.734. The molecule has 0 aliphatic heterocycles. The molecule has 0 aromatic heterocycles. The normalized spacial score (nSPS) is 16.1. The van der Waals surface area contributed by atoms with Gasteiger partial charge < -0.3 is 0 Å². The molecule has 1 rings (SSSR count). The van der Waals surface area contributed by atoms with Crippen molar-refractivity contribution in [1.82, 2.24) is 0 Å². The smallest absolute Gasteiger partial charge is 0.178 e. The Labute approximate surface area is 60.0 Å². The van der Waals surface area contributed by atoms with Crippen molar-refractivity contribution in [3.05, 3.63) is 24.3 Å². The molecule has 0 unspecified atom stereocenters. The Kier molecular flexibility index (Phi) is 2.15. The van der Waals surface area contributed by atoms with Crippen molar-refractivity contribution in [3.8, 4) is 0 Å². The minimum atomic E-state index is 0.0371. The van der Waals surface area contributed by atoms with Gasteiger partial charge in [0.25, 0.3) is 0 Å². The van der Waals surface area contributed by atoms with Gasteiger partial charge in [-0.05, 0) is 31.2 Å². The second-order valence-corrected chi connectivity index (χ2v) is 1.97. The number of hydrogen-bond acceptors (Lipinski definition) is 2. The van der Waals surface area contributed by atoms with Gasteiger partial charge in [-0.25, -0.2) is 0 Å². The van der Waals surface area contributed by atoms with E-state index in [1.807, 2.05) is 6.92 Å². The van der Waals surface area contributed by atoms with Gasteiger partial charge in [-0.1, -0.05) is 0 Å². The Balaban J connectivity index is 2.71. The zero-order chi connectivity index (χ0) is 7.40. The maximum Gasteiger partial charge on any atom is 0.178 e. The summed E-state index contributed by atoms with van der Waals surface area (Å²) in [5, 5.41) is 0. The number of carbonyl (C=O) groups excluding carboxylic acids is 1. The third-order valence-corrected chi connectivity index (χ3v) is 1.18. The zero-order valence-electron chi connectivity index (χ0n) is 5.87. The number of carbonyl (C=O) groups is 1. The van der Waals surface area contributed by atoms with E-state index < -0.39 is 0 Å². The highest BCUT2D eigenvalue weighted by molar-refractivity contribution is 6.16. The second-order valence-electron chi connectivity index (χ2n) is 1.97. The summed E-state index contributed by atoms with van der Waals surface area (Å²) in [7, 11) is 0. The van der Waals surface area contributed by atoms with Crippen LogP contribution in [-0.2, 0) is 4.79 Å². The summed E-state index contributed by atoms with van der Waals surface area (Å²) in [6, 6.07) is 0. The maximum atomic E-state index is 10.6. The summed E-state index contributed by atoms with van der Waals surface area (Å²) in [6.07, 6.45) is 6.50. The molecule has 0 aromatic carbocycles. The van der Waals surface area contributed by atoms with Gasteiger partial charge in [-0.3, -0.25) is 9.79 Å². The van der Waals surface area contributed by atoms with E-state index in [1.54, 1.807) is 12.2 Å². The standard InChI is InChI=1S/C8H9NO/c1-2-9-7-3-5-8(10)6-4-7/h3-6H,2H2,1H3. The van der Waals surface area contributed by atoms with Crippen molar-refractivity contribution in [3.63, 3.8) is 0 Å². The molecule has 0 saturated heterocycles. The average molecular weight is 135 g/mol. The zero-order valence-corrected chi connectivity index (χ0v) is 5.87. The van der Waals surface area contributed by atoms with Crippen molar-refractivity contribution < 1.29 is 4.79 Å². The summed E-state index contributed by atoms with van der Waals surface area (Å²) in [6.45, 7) is 2.73. The number of aliphatic imine (C=N–C) groups is 1. The highest BCUT2D eigenvalue weighted by Crippen LogP contribution is 1.94. The number of hydrogen-bond donors (Lipinski definition) is 0. The molecule has 2 nitrogen and oxygen atoms in total. The summed E-state index contributed by atoms with van der Waals surface area (Å²) in [4.78, 5) is 14.7. The van der Waals surface area contributed by atoms with E-state index in [1.165, 1.54) is 12.2 Å². The largest absolute Gasteiger partial charge is 0.290 e. The molecule has 52 valence electrons. The summed E-state index contributed by atoms with van der Waals surface area (Å²) in [5.41, 5.74) is 0.877. The Morgan fingerprint density at radius 1 is 1.30 bits per heavy atom. The minimum absolute atomic E-state index is 0.0371. The quantitative estimate of drug-likeness (QED) is 0.496. The van der Waals surface area contributed by atoms with Crippen LogP contribution in [0.5, 0.6) is 0 Å². The van der Waals surface area contributed by atoms with Crippen LogP contribution in [0.1, 0.15) is 6.92 Å². The molecule has 0 amide bonds. The van der Waals surface area contributed by atoms with Crippen LogP contribution in [0.4, 0.5) is 0 Å². The van der Waals surface area contributed by atoms with Crippen molar-refractivity contribution in [2.24, 2.45) is 4.99 Å². The Bertz CT molecular complexity index is 205. The summed E-state index contributed by atoms with van der Waals surface area (Å²) in [5.74, 6) is 0.0371. The first-order valence-electron chi connectivity index (χ1n) is 3.27. The van der Waals surface area contributed by atoms with E-state index in [-0.39, 0.29) is 5.78 Å². The summed E-state index contributed by atoms with van der Waals surface area (Å²) < 4.78 is 0. The van der Waals surface area contributed by atoms with Gasteiger partial charge in [0.2, 0.25) is 0 Å². The molecule has 1 aliphatic rings. The number of nitrogens with zero attached hydrogens (tertiary/aromatic N) is 1. The SMILES string of the molecule is CCN=C1C=CC(=O)C=C1. The molecule has 0 bridgehead atoms. The van der Waals surface area contributed by atoms with Crippen LogP contribution in [0, 0.1) is 0 Å². The molecule has 0 N–H and O–H groups in total. The fourth-order valence-electron chi connectivity index (χ4n) is 0.734. The molecule has 10 heavy (non-hydrogen) atoms. The third kappa shape index (κ3) is 1.65. The first-order valence-corrected chi connectivity index (χ1v) is 3.27. The van der Waals surface area contributed by atoms with Crippen LogP contribution in [0.3, 0.4) is 0 Å². The van der Waals surface area contributed by atoms with Crippen LogP contribution >= 0.6 is 0 Å². The van der Waals surface area contributed by atoms with Gasteiger partial charge in [0.15, 0.2) is 5.78 Å². The van der Waals surface area contributed by atoms with Crippen LogP contribution < -0.4 is 0 Å². The topological polar surface area (TPSA) is 29.4 Å². The van der Waals surface area contributed by atoms with Gasteiger partial charge in [-0.2, -0.15) is 0 Å². The predicted octanol–water partition coefficient (Wildman–Crippen LogP) is 1.14. The molecular weight excluding hydrogens is 126 g/mol. The molecule has 0 fully saturated rings. The minimum Gasteiger partial charge on any atom is -0.290 e. The van der Waals surface area contributed by atoms with Gasteiger partial charge in [-0.15, -0.1) is 0 Å². The Morgan fingerprint density at radius 2 is 1.90 bits per heavy atom. The van der Waals surface area contributed by atoms with E-state index >= 15 is 0 Å². The molecule has 0 heterocycles. The first kappa shape index (κ1) is 6.93. The Morgan fingerprint density at radius 3 is 2.40 bits per heavy atom. The lowest BCUT2D eigenvalue weighted by Crippen LogP contribution is -1.99. The highest BCUT2D eigenvalue weighted by Gasteiger charge is 1.96. The molecule has 0 radical (unpaired) electrons. The van der Waals surface area contributed by atoms with Crippen LogP contribution in [0.25, 0.3) is 0 Å². The number of ketones is 1. The fraction of sp³-hybridized carbons (Fsp3) is 0.250. The predicted molar refractivity (Wildman–Crippen MR) is 41.3 cm³/mol. The molecular formula is C8H9NO. The second kappa shape index (κ2) is 3.11. The van der Waals surface area contributed by atoms with Gasteiger partial charge >= 0.3 is 0 Å². The number of rotatable bonds is 1. The maximum absolute atomic E-state index is 10.6. The molecule has 0 spiro atoms. The average Bonchev–Trinajstić information content (AvgIpc) is 1.95. The van der Waals surface area contributed by atoms with Gasteiger partial charge in [0.05, 0.1) is 5.71 Å². The van der Waals surface area contributed by atoms with Crippen molar-refractivity contribution in [2.75, 3.05) is 6.54 Å². The first-order chi connectivity index (χ1) is 4.83. The number of allylic oxidation sites excluding steroid dienone is 4. The van der Waals surface area contributed by atoms with Crippen LogP contribution in [0.2, 0.25) is 0 Å².